The van der Waals surface area contributed by atoms with Crippen molar-refractivity contribution in [2.45, 2.75) is 0 Å². The molecule has 3 aromatic rings. The molecule has 0 aliphatic rings. The molecule has 0 spiro atoms. The number of carbonyl (C=O) groups is 1. The van der Waals surface area contributed by atoms with Crippen molar-refractivity contribution in [1.29, 1.82) is 0 Å². The molecule has 0 bridgehead atoms. The Labute approximate surface area is 153 Å². The van der Waals surface area contributed by atoms with Crippen molar-refractivity contribution in [2.75, 3.05) is 14.2 Å². The molecule has 128 valence electrons. The van der Waals surface area contributed by atoms with Gasteiger partial charge in [-0.2, -0.15) is 9.67 Å². The van der Waals surface area contributed by atoms with Gasteiger partial charge in [0.25, 0.3) is 5.91 Å². The molecule has 0 saturated carbocycles. The second kappa shape index (κ2) is 7.13. The van der Waals surface area contributed by atoms with E-state index in [9.17, 15) is 4.79 Å². The fraction of sp³-hybridized carbons (Fsp3) is 0.118. The Kier molecular flexibility index (Phi) is 4.92. The van der Waals surface area contributed by atoms with E-state index in [-0.39, 0.29) is 11.0 Å². The number of hydrogen-bond acceptors (Lipinski definition) is 5. The molecule has 0 N–H and O–H groups in total. The molecule has 0 radical (unpaired) electrons. The first-order valence-corrected chi connectivity index (χ1v) is 7.94. The van der Waals surface area contributed by atoms with Gasteiger partial charge in [0.15, 0.2) is 5.82 Å². The van der Waals surface area contributed by atoms with Crippen LogP contribution in [-0.2, 0) is 0 Å². The van der Waals surface area contributed by atoms with Crippen LogP contribution in [0.2, 0.25) is 10.0 Å². The molecule has 0 amide bonds. The first-order valence-electron chi connectivity index (χ1n) is 7.18. The summed E-state index contributed by atoms with van der Waals surface area (Å²) in [6.07, 6.45) is 0. The van der Waals surface area contributed by atoms with Crippen LogP contribution in [-0.4, -0.2) is 34.9 Å². The van der Waals surface area contributed by atoms with Crippen LogP contribution in [0, 0.1) is 0 Å². The summed E-state index contributed by atoms with van der Waals surface area (Å²) >= 11 is 11.9. The Morgan fingerprint density at radius 3 is 2.32 bits per heavy atom. The number of methoxy groups -OCH3 is 2. The maximum atomic E-state index is 12.8. The summed E-state index contributed by atoms with van der Waals surface area (Å²) in [5, 5.41) is 4.75. The topological polar surface area (TPSA) is 66.2 Å². The van der Waals surface area contributed by atoms with Crippen LogP contribution in [0.4, 0.5) is 0 Å². The molecule has 0 aliphatic heterocycles. The number of ether oxygens (including phenoxy) is 2. The molecule has 3 rings (SSSR count). The van der Waals surface area contributed by atoms with Crippen molar-refractivity contribution in [3.8, 4) is 23.1 Å². The summed E-state index contributed by atoms with van der Waals surface area (Å²) < 4.78 is 11.4. The second-order valence-corrected chi connectivity index (χ2v) is 5.81. The monoisotopic (exact) mass is 377 g/mol. The van der Waals surface area contributed by atoms with Gasteiger partial charge in [0.1, 0.15) is 5.75 Å². The first kappa shape index (κ1) is 17.3. The number of aromatic nitrogens is 3. The quantitative estimate of drug-likeness (QED) is 0.688. The summed E-state index contributed by atoms with van der Waals surface area (Å²) in [6.45, 7) is 0. The number of halogens is 2. The molecule has 25 heavy (non-hydrogen) atoms. The van der Waals surface area contributed by atoms with Crippen molar-refractivity contribution in [3.63, 3.8) is 0 Å². The minimum atomic E-state index is -0.403. The van der Waals surface area contributed by atoms with E-state index in [1.165, 1.54) is 17.9 Å². The van der Waals surface area contributed by atoms with Crippen LogP contribution in [0.15, 0.2) is 42.5 Å². The van der Waals surface area contributed by atoms with Gasteiger partial charge in [-0.25, -0.2) is 0 Å². The van der Waals surface area contributed by atoms with E-state index in [0.29, 0.717) is 27.7 Å². The average Bonchev–Trinajstić information content (AvgIpc) is 3.08. The number of hydrogen-bond donors (Lipinski definition) is 0. The van der Waals surface area contributed by atoms with Crippen molar-refractivity contribution >= 4 is 29.1 Å². The Morgan fingerprint density at radius 1 is 1.00 bits per heavy atom. The van der Waals surface area contributed by atoms with Crippen molar-refractivity contribution in [1.82, 2.24) is 14.8 Å². The Hall–Kier alpha value is -2.57. The van der Waals surface area contributed by atoms with E-state index < -0.39 is 5.91 Å². The van der Waals surface area contributed by atoms with Gasteiger partial charge in [0, 0.05) is 11.1 Å². The van der Waals surface area contributed by atoms with E-state index >= 15 is 0 Å². The predicted molar refractivity (Wildman–Crippen MR) is 94.8 cm³/mol. The van der Waals surface area contributed by atoms with E-state index in [1.54, 1.807) is 43.5 Å². The lowest BCUT2D eigenvalue weighted by Gasteiger charge is -2.06. The third-order valence-corrected chi connectivity index (χ3v) is 4.22. The SMILES string of the molecule is COc1ccc(-c2nc(OC)nn2C(=O)c2ccc(Cl)c(Cl)c2)cc1. The largest absolute Gasteiger partial charge is 0.497 e. The van der Waals surface area contributed by atoms with Crippen LogP contribution in [0.3, 0.4) is 0 Å². The van der Waals surface area contributed by atoms with Crippen molar-refractivity contribution < 1.29 is 14.3 Å². The van der Waals surface area contributed by atoms with E-state index in [2.05, 4.69) is 10.1 Å². The number of nitrogens with zero attached hydrogens (tertiary/aromatic N) is 3. The summed E-state index contributed by atoms with van der Waals surface area (Å²) in [5.41, 5.74) is 1.02. The summed E-state index contributed by atoms with van der Waals surface area (Å²) in [6, 6.07) is 11.8. The first-order chi connectivity index (χ1) is 12.0. The van der Waals surface area contributed by atoms with Gasteiger partial charge in [-0.1, -0.05) is 23.2 Å². The van der Waals surface area contributed by atoms with E-state index in [0.717, 1.165) is 0 Å². The lowest BCUT2D eigenvalue weighted by atomic mass is 10.2. The number of carbonyl (C=O) groups excluding carboxylic acids is 1. The van der Waals surface area contributed by atoms with Crippen molar-refractivity contribution in [2.24, 2.45) is 0 Å². The molecular formula is C17H13Cl2N3O3. The smallest absolute Gasteiger partial charge is 0.336 e. The number of benzene rings is 2. The van der Waals surface area contributed by atoms with Gasteiger partial charge in [-0.3, -0.25) is 4.79 Å². The molecule has 0 atom stereocenters. The maximum absolute atomic E-state index is 12.8. The molecule has 0 aliphatic carbocycles. The minimum absolute atomic E-state index is 0.0826. The van der Waals surface area contributed by atoms with E-state index in [1.807, 2.05) is 0 Å². The van der Waals surface area contributed by atoms with Crippen LogP contribution < -0.4 is 9.47 Å². The highest BCUT2D eigenvalue weighted by molar-refractivity contribution is 6.42. The summed E-state index contributed by atoms with van der Waals surface area (Å²) in [5.74, 6) is 0.633. The van der Waals surface area contributed by atoms with Crippen LogP contribution in [0.25, 0.3) is 11.4 Å². The molecule has 0 unspecified atom stereocenters. The predicted octanol–water partition coefficient (Wildman–Crippen LogP) is 3.96. The van der Waals surface area contributed by atoms with Gasteiger partial charge < -0.3 is 9.47 Å². The summed E-state index contributed by atoms with van der Waals surface area (Å²) in [4.78, 5) is 17.1. The molecule has 2 aromatic carbocycles. The minimum Gasteiger partial charge on any atom is -0.497 e. The Balaban J connectivity index is 2.06. The zero-order valence-corrected chi connectivity index (χ0v) is 14.9. The number of rotatable bonds is 4. The fourth-order valence-corrected chi connectivity index (χ4v) is 2.50. The summed E-state index contributed by atoms with van der Waals surface area (Å²) in [7, 11) is 3.01. The molecule has 1 heterocycles. The second-order valence-electron chi connectivity index (χ2n) is 5.00. The highest BCUT2D eigenvalue weighted by Crippen LogP contribution is 2.26. The third-order valence-electron chi connectivity index (χ3n) is 3.48. The van der Waals surface area contributed by atoms with Gasteiger partial charge >= 0.3 is 6.01 Å². The molecule has 6 nitrogen and oxygen atoms in total. The maximum Gasteiger partial charge on any atom is 0.336 e. The molecular weight excluding hydrogens is 365 g/mol. The standard InChI is InChI=1S/C17H13Cl2N3O3/c1-24-12-6-3-10(4-7-12)15-20-17(25-2)21-22(15)16(23)11-5-8-13(18)14(19)9-11/h3-9H,1-2H3. The molecule has 1 aromatic heterocycles. The van der Waals surface area contributed by atoms with E-state index in [4.69, 9.17) is 32.7 Å². The highest BCUT2D eigenvalue weighted by Gasteiger charge is 2.20. The van der Waals surface area contributed by atoms with Crippen LogP contribution in [0.1, 0.15) is 10.4 Å². The molecule has 0 fully saturated rings. The lowest BCUT2D eigenvalue weighted by Crippen LogP contribution is -2.15. The zero-order chi connectivity index (χ0) is 18.0. The molecule has 8 heteroatoms. The fourth-order valence-electron chi connectivity index (χ4n) is 2.20. The highest BCUT2D eigenvalue weighted by atomic mass is 35.5. The Morgan fingerprint density at radius 2 is 1.72 bits per heavy atom. The zero-order valence-electron chi connectivity index (χ0n) is 13.4. The third kappa shape index (κ3) is 3.45. The Bertz CT molecular complexity index is 923. The van der Waals surface area contributed by atoms with Crippen LogP contribution >= 0.6 is 23.2 Å². The van der Waals surface area contributed by atoms with Crippen LogP contribution in [0.5, 0.6) is 11.8 Å². The normalized spacial score (nSPS) is 10.6. The van der Waals surface area contributed by atoms with Gasteiger partial charge in [-0.15, -0.1) is 5.10 Å². The van der Waals surface area contributed by atoms with Crippen molar-refractivity contribution in [3.05, 3.63) is 58.1 Å². The van der Waals surface area contributed by atoms with Gasteiger partial charge in [0.05, 0.1) is 24.3 Å². The molecule has 0 saturated heterocycles. The van der Waals surface area contributed by atoms with Gasteiger partial charge in [0.2, 0.25) is 0 Å². The average molecular weight is 378 g/mol. The van der Waals surface area contributed by atoms with Gasteiger partial charge in [-0.05, 0) is 42.5 Å². The lowest BCUT2D eigenvalue weighted by molar-refractivity contribution is 0.0945.